The van der Waals surface area contributed by atoms with Crippen LogP contribution in [-0.2, 0) is 4.79 Å². The average molecular weight is 455 g/mol. The van der Waals surface area contributed by atoms with Crippen LogP contribution in [0.15, 0.2) is 42.5 Å². The number of nitrogens with one attached hydrogen (secondary N) is 1. The van der Waals surface area contributed by atoms with Gasteiger partial charge < -0.3 is 29.2 Å². The SMILES string of the molecule is C=C(C)CN1C(=O)COc2ccc(NC(=O)c3cc(OCC)c(OCC)c(OCC)c3)cc21. The van der Waals surface area contributed by atoms with Crippen LogP contribution in [0.25, 0.3) is 0 Å². The molecule has 3 rings (SSSR count). The maximum Gasteiger partial charge on any atom is 0.265 e. The van der Waals surface area contributed by atoms with Gasteiger partial charge in [-0.05, 0) is 58.0 Å². The molecule has 2 aromatic rings. The van der Waals surface area contributed by atoms with Crippen LogP contribution < -0.4 is 29.2 Å². The summed E-state index contributed by atoms with van der Waals surface area (Å²) < 4.78 is 22.6. The third-order valence-corrected chi connectivity index (χ3v) is 4.76. The Labute approximate surface area is 194 Å². The predicted molar refractivity (Wildman–Crippen MR) is 127 cm³/mol. The van der Waals surface area contributed by atoms with Crippen molar-refractivity contribution in [3.8, 4) is 23.0 Å². The maximum absolute atomic E-state index is 13.1. The number of amides is 2. The fraction of sp³-hybridized carbons (Fsp3) is 0.360. The molecule has 33 heavy (non-hydrogen) atoms. The number of anilines is 2. The molecule has 0 saturated heterocycles. The molecule has 2 amide bonds. The lowest BCUT2D eigenvalue weighted by atomic mass is 10.1. The van der Waals surface area contributed by atoms with Gasteiger partial charge in [0, 0.05) is 17.8 Å². The van der Waals surface area contributed by atoms with Crippen LogP contribution >= 0.6 is 0 Å². The van der Waals surface area contributed by atoms with E-state index in [2.05, 4.69) is 11.9 Å². The summed E-state index contributed by atoms with van der Waals surface area (Å²) in [5.41, 5.74) is 2.30. The molecule has 176 valence electrons. The lowest BCUT2D eigenvalue weighted by Crippen LogP contribution is -2.39. The minimum atomic E-state index is -0.352. The van der Waals surface area contributed by atoms with Gasteiger partial charge in [0.15, 0.2) is 18.1 Å². The molecule has 0 fully saturated rings. The molecule has 1 N–H and O–H groups in total. The van der Waals surface area contributed by atoms with Crippen molar-refractivity contribution in [2.45, 2.75) is 27.7 Å². The van der Waals surface area contributed by atoms with Crippen LogP contribution in [0.5, 0.6) is 23.0 Å². The minimum Gasteiger partial charge on any atom is -0.490 e. The van der Waals surface area contributed by atoms with Crippen LogP contribution in [0.2, 0.25) is 0 Å². The molecule has 0 radical (unpaired) electrons. The Hall–Kier alpha value is -3.68. The summed E-state index contributed by atoms with van der Waals surface area (Å²) in [6, 6.07) is 8.44. The van der Waals surface area contributed by atoms with Crippen molar-refractivity contribution in [1.29, 1.82) is 0 Å². The molecule has 0 spiro atoms. The molecule has 1 aliphatic rings. The molecule has 0 unspecified atom stereocenters. The molecule has 1 aliphatic heterocycles. The lowest BCUT2D eigenvalue weighted by Gasteiger charge is -2.30. The second-order valence-corrected chi connectivity index (χ2v) is 7.46. The van der Waals surface area contributed by atoms with E-state index in [4.69, 9.17) is 18.9 Å². The first kappa shape index (κ1) is 24.0. The fourth-order valence-corrected chi connectivity index (χ4v) is 3.45. The van der Waals surface area contributed by atoms with Crippen molar-refractivity contribution in [1.82, 2.24) is 0 Å². The molecule has 0 atom stereocenters. The molecule has 0 aliphatic carbocycles. The van der Waals surface area contributed by atoms with E-state index in [1.807, 2.05) is 27.7 Å². The summed E-state index contributed by atoms with van der Waals surface area (Å²) in [5.74, 6) is 1.41. The third kappa shape index (κ3) is 5.58. The summed E-state index contributed by atoms with van der Waals surface area (Å²) >= 11 is 0. The van der Waals surface area contributed by atoms with Gasteiger partial charge in [0.1, 0.15) is 5.75 Å². The van der Waals surface area contributed by atoms with Crippen molar-refractivity contribution in [2.24, 2.45) is 0 Å². The second kappa shape index (κ2) is 10.8. The van der Waals surface area contributed by atoms with E-state index in [1.54, 1.807) is 35.2 Å². The number of fused-ring (bicyclic) bond motifs is 1. The highest BCUT2D eigenvalue weighted by Gasteiger charge is 2.26. The van der Waals surface area contributed by atoms with Crippen molar-refractivity contribution < 1.29 is 28.5 Å². The molecule has 0 saturated carbocycles. The molecular formula is C25H30N2O6. The topological polar surface area (TPSA) is 86.3 Å². The van der Waals surface area contributed by atoms with E-state index in [0.29, 0.717) is 66.3 Å². The Morgan fingerprint density at radius 3 is 2.27 bits per heavy atom. The van der Waals surface area contributed by atoms with Crippen molar-refractivity contribution in [3.63, 3.8) is 0 Å². The highest BCUT2D eigenvalue weighted by Crippen LogP contribution is 2.40. The fourth-order valence-electron chi connectivity index (χ4n) is 3.45. The summed E-state index contributed by atoms with van der Waals surface area (Å²) in [7, 11) is 0. The normalized spacial score (nSPS) is 12.5. The van der Waals surface area contributed by atoms with Gasteiger partial charge in [0.25, 0.3) is 11.8 Å². The number of rotatable bonds is 10. The minimum absolute atomic E-state index is 0.0292. The van der Waals surface area contributed by atoms with E-state index in [1.165, 1.54) is 0 Å². The summed E-state index contributed by atoms with van der Waals surface area (Å²) in [5, 5.41) is 2.88. The maximum atomic E-state index is 13.1. The number of benzene rings is 2. The van der Waals surface area contributed by atoms with Crippen molar-refractivity contribution in [3.05, 3.63) is 48.0 Å². The zero-order valence-corrected chi connectivity index (χ0v) is 19.5. The second-order valence-electron chi connectivity index (χ2n) is 7.46. The van der Waals surface area contributed by atoms with Gasteiger partial charge in [0.05, 0.1) is 25.5 Å². The first-order valence-electron chi connectivity index (χ1n) is 11.0. The van der Waals surface area contributed by atoms with Gasteiger partial charge in [0.2, 0.25) is 5.75 Å². The molecule has 2 aromatic carbocycles. The lowest BCUT2D eigenvalue weighted by molar-refractivity contribution is -0.121. The Morgan fingerprint density at radius 2 is 1.70 bits per heavy atom. The van der Waals surface area contributed by atoms with Gasteiger partial charge in [-0.2, -0.15) is 0 Å². The van der Waals surface area contributed by atoms with Crippen LogP contribution in [0, 0.1) is 0 Å². The van der Waals surface area contributed by atoms with Crippen molar-refractivity contribution >= 4 is 23.2 Å². The van der Waals surface area contributed by atoms with E-state index in [0.717, 1.165) is 5.57 Å². The van der Waals surface area contributed by atoms with Gasteiger partial charge in [-0.15, -0.1) is 0 Å². The van der Waals surface area contributed by atoms with E-state index in [-0.39, 0.29) is 18.4 Å². The monoisotopic (exact) mass is 454 g/mol. The first-order valence-corrected chi connectivity index (χ1v) is 11.0. The van der Waals surface area contributed by atoms with E-state index >= 15 is 0 Å². The first-order chi connectivity index (χ1) is 15.9. The smallest absolute Gasteiger partial charge is 0.265 e. The quantitative estimate of drug-likeness (QED) is 0.535. The van der Waals surface area contributed by atoms with Crippen LogP contribution in [-0.4, -0.2) is 44.8 Å². The average Bonchev–Trinajstić information content (AvgIpc) is 2.78. The zero-order chi connectivity index (χ0) is 24.0. The summed E-state index contributed by atoms with van der Waals surface area (Å²) in [6.07, 6.45) is 0. The van der Waals surface area contributed by atoms with Gasteiger partial charge in [-0.3, -0.25) is 9.59 Å². The molecule has 8 nitrogen and oxygen atoms in total. The Bertz CT molecular complexity index is 1020. The zero-order valence-electron chi connectivity index (χ0n) is 19.5. The molecular weight excluding hydrogens is 424 g/mol. The third-order valence-electron chi connectivity index (χ3n) is 4.76. The highest BCUT2D eigenvalue weighted by molar-refractivity contribution is 6.06. The van der Waals surface area contributed by atoms with Gasteiger partial charge in [-0.1, -0.05) is 12.2 Å². The number of carbonyl (C=O) groups excluding carboxylic acids is 2. The number of hydrogen-bond acceptors (Lipinski definition) is 6. The number of carbonyl (C=O) groups is 2. The van der Waals surface area contributed by atoms with Crippen LogP contribution in [0.4, 0.5) is 11.4 Å². The van der Waals surface area contributed by atoms with Crippen molar-refractivity contribution in [2.75, 3.05) is 43.2 Å². The van der Waals surface area contributed by atoms with E-state index < -0.39 is 0 Å². The number of ether oxygens (including phenoxy) is 4. The Kier molecular flexibility index (Phi) is 7.82. The Morgan fingerprint density at radius 1 is 1.06 bits per heavy atom. The van der Waals surface area contributed by atoms with E-state index in [9.17, 15) is 9.59 Å². The van der Waals surface area contributed by atoms with Crippen LogP contribution in [0.1, 0.15) is 38.1 Å². The largest absolute Gasteiger partial charge is 0.490 e. The van der Waals surface area contributed by atoms with Gasteiger partial charge in [-0.25, -0.2) is 0 Å². The molecule has 1 heterocycles. The summed E-state index contributed by atoms with van der Waals surface area (Å²) in [6.45, 7) is 12.9. The molecule has 0 aromatic heterocycles. The summed E-state index contributed by atoms with van der Waals surface area (Å²) in [4.78, 5) is 27.1. The van der Waals surface area contributed by atoms with Gasteiger partial charge >= 0.3 is 0 Å². The number of nitrogens with zero attached hydrogens (tertiary/aromatic N) is 1. The molecule has 0 bridgehead atoms. The predicted octanol–water partition coefficient (Wildman–Crippen LogP) is 4.44. The highest BCUT2D eigenvalue weighted by atomic mass is 16.5. The standard InChI is InChI=1S/C25H30N2O6/c1-6-30-21-11-17(12-22(31-7-2)24(21)32-8-3)25(29)26-18-9-10-20-19(13-18)27(14-16(4)5)23(28)15-33-20/h9-13H,4,6-8,14-15H2,1-3,5H3,(H,26,29). The Balaban J connectivity index is 1.92. The number of hydrogen-bond donors (Lipinski definition) is 1. The molecule has 8 heteroatoms. The van der Waals surface area contributed by atoms with Crippen LogP contribution in [0.3, 0.4) is 0 Å².